The van der Waals surface area contributed by atoms with Crippen molar-refractivity contribution in [1.29, 1.82) is 0 Å². The van der Waals surface area contributed by atoms with Crippen LogP contribution in [0.1, 0.15) is 5.69 Å². The molecule has 2 aromatic rings. The number of halogens is 1. The molecule has 0 unspecified atom stereocenters. The maximum atomic E-state index is 5.14. The third kappa shape index (κ3) is 1.57. The molecule has 0 radical (unpaired) electrons. The molecule has 0 aliphatic heterocycles. The first-order valence-electron chi connectivity index (χ1n) is 4.45. The molecule has 0 aliphatic carbocycles. The maximum Gasteiger partial charge on any atom is 0.0864 e. The Bertz CT molecular complexity index is 462. The third-order valence-electron chi connectivity index (χ3n) is 2.40. The standard InChI is InChI=1S/C11H12BrNO/c1-13-10(7-14-2)6-8-5-9(12)3-4-11(8)13/h3-6H,7H2,1-2H3. The van der Waals surface area contributed by atoms with Crippen molar-refractivity contribution in [2.45, 2.75) is 6.61 Å². The highest BCUT2D eigenvalue weighted by molar-refractivity contribution is 9.10. The molecular formula is C11H12BrNO. The van der Waals surface area contributed by atoms with Crippen LogP contribution in [-0.2, 0) is 18.4 Å². The van der Waals surface area contributed by atoms with Crippen molar-refractivity contribution in [3.05, 3.63) is 34.4 Å². The Kier molecular flexibility index (Phi) is 2.61. The van der Waals surface area contributed by atoms with Crippen LogP contribution in [0.2, 0.25) is 0 Å². The molecule has 1 heterocycles. The monoisotopic (exact) mass is 253 g/mol. The predicted octanol–water partition coefficient (Wildman–Crippen LogP) is 3.09. The van der Waals surface area contributed by atoms with Crippen LogP contribution in [0.5, 0.6) is 0 Å². The number of aromatic nitrogens is 1. The Morgan fingerprint density at radius 2 is 2.14 bits per heavy atom. The first-order valence-corrected chi connectivity index (χ1v) is 5.24. The normalized spacial score (nSPS) is 11.1. The maximum absolute atomic E-state index is 5.14. The minimum atomic E-state index is 0.656. The van der Waals surface area contributed by atoms with Gasteiger partial charge < -0.3 is 9.30 Å². The predicted molar refractivity (Wildman–Crippen MR) is 61.3 cm³/mol. The molecule has 0 atom stereocenters. The minimum Gasteiger partial charge on any atom is -0.378 e. The van der Waals surface area contributed by atoms with Gasteiger partial charge in [-0.25, -0.2) is 0 Å². The fraction of sp³-hybridized carbons (Fsp3) is 0.273. The van der Waals surface area contributed by atoms with Gasteiger partial charge in [-0.3, -0.25) is 0 Å². The van der Waals surface area contributed by atoms with Gasteiger partial charge in [0, 0.05) is 35.2 Å². The molecule has 3 heteroatoms. The van der Waals surface area contributed by atoms with Crippen LogP contribution in [0.25, 0.3) is 10.9 Å². The molecule has 74 valence electrons. The van der Waals surface area contributed by atoms with Gasteiger partial charge in [0.1, 0.15) is 0 Å². The van der Waals surface area contributed by atoms with Crippen LogP contribution in [-0.4, -0.2) is 11.7 Å². The van der Waals surface area contributed by atoms with Gasteiger partial charge in [0.25, 0.3) is 0 Å². The zero-order chi connectivity index (χ0) is 10.1. The second kappa shape index (κ2) is 3.75. The average Bonchev–Trinajstić information content (AvgIpc) is 2.44. The highest BCUT2D eigenvalue weighted by Crippen LogP contribution is 2.23. The van der Waals surface area contributed by atoms with E-state index in [9.17, 15) is 0 Å². The van der Waals surface area contributed by atoms with Gasteiger partial charge in [-0.15, -0.1) is 0 Å². The molecule has 0 bridgehead atoms. The van der Waals surface area contributed by atoms with E-state index in [-0.39, 0.29) is 0 Å². The number of hydrogen-bond donors (Lipinski definition) is 0. The highest BCUT2D eigenvalue weighted by Gasteiger charge is 2.04. The smallest absolute Gasteiger partial charge is 0.0864 e. The van der Waals surface area contributed by atoms with Crippen molar-refractivity contribution in [1.82, 2.24) is 4.57 Å². The molecule has 0 amide bonds. The van der Waals surface area contributed by atoms with Crippen molar-refractivity contribution in [2.24, 2.45) is 7.05 Å². The topological polar surface area (TPSA) is 14.2 Å². The van der Waals surface area contributed by atoms with E-state index in [0.29, 0.717) is 6.61 Å². The Morgan fingerprint density at radius 1 is 1.36 bits per heavy atom. The summed E-state index contributed by atoms with van der Waals surface area (Å²) in [6.45, 7) is 0.656. The van der Waals surface area contributed by atoms with Crippen molar-refractivity contribution in [2.75, 3.05) is 7.11 Å². The van der Waals surface area contributed by atoms with Crippen molar-refractivity contribution in [3.63, 3.8) is 0 Å². The zero-order valence-corrected chi connectivity index (χ0v) is 9.84. The molecule has 0 aliphatic rings. The van der Waals surface area contributed by atoms with Gasteiger partial charge in [0.15, 0.2) is 0 Å². The number of hydrogen-bond acceptors (Lipinski definition) is 1. The SMILES string of the molecule is COCc1cc2cc(Br)ccc2n1C. The van der Waals surface area contributed by atoms with E-state index in [0.717, 1.165) is 4.47 Å². The summed E-state index contributed by atoms with van der Waals surface area (Å²) in [4.78, 5) is 0. The number of methoxy groups -OCH3 is 1. The molecule has 0 fully saturated rings. The number of aryl methyl sites for hydroxylation is 1. The van der Waals surface area contributed by atoms with Crippen LogP contribution in [0.4, 0.5) is 0 Å². The lowest BCUT2D eigenvalue weighted by Crippen LogP contribution is -1.96. The van der Waals surface area contributed by atoms with Crippen LogP contribution in [0.15, 0.2) is 28.7 Å². The van der Waals surface area contributed by atoms with E-state index in [1.807, 2.05) is 0 Å². The molecular weight excluding hydrogens is 242 g/mol. The summed E-state index contributed by atoms with van der Waals surface area (Å²) in [7, 11) is 3.78. The zero-order valence-electron chi connectivity index (χ0n) is 8.25. The van der Waals surface area contributed by atoms with E-state index in [4.69, 9.17) is 4.74 Å². The summed E-state index contributed by atoms with van der Waals surface area (Å²) in [6, 6.07) is 8.44. The number of fused-ring (bicyclic) bond motifs is 1. The Balaban J connectivity index is 2.61. The fourth-order valence-electron chi connectivity index (χ4n) is 1.66. The third-order valence-corrected chi connectivity index (χ3v) is 2.89. The van der Waals surface area contributed by atoms with Gasteiger partial charge in [-0.1, -0.05) is 15.9 Å². The highest BCUT2D eigenvalue weighted by atomic mass is 79.9. The van der Waals surface area contributed by atoms with E-state index >= 15 is 0 Å². The lowest BCUT2D eigenvalue weighted by molar-refractivity contribution is 0.179. The molecule has 2 nitrogen and oxygen atoms in total. The second-order valence-electron chi connectivity index (χ2n) is 3.33. The molecule has 1 aromatic carbocycles. The van der Waals surface area contributed by atoms with Crippen LogP contribution < -0.4 is 0 Å². The fourth-order valence-corrected chi connectivity index (χ4v) is 2.04. The van der Waals surface area contributed by atoms with Gasteiger partial charge in [-0.05, 0) is 24.3 Å². The molecule has 1 aromatic heterocycles. The van der Waals surface area contributed by atoms with E-state index in [2.05, 4.69) is 51.8 Å². The van der Waals surface area contributed by atoms with Crippen molar-refractivity contribution < 1.29 is 4.74 Å². The summed E-state index contributed by atoms with van der Waals surface area (Å²) < 4.78 is 8.40. The molecule has 0 spiro atoms. The molecule has 0 N–H and O–H groups in total. The summed E-state index contributed by atoms with van der Waals surface area (Å²) in [5, 5.41) is 1.24. The minimum absolute atomic E-state index is 0.656. The Labute approximate surface area is 91.6 Å². The summed E-state index contributed by atoms with van der Waals surface area (Å²) in [5.41, 5.74) is 2.43. The lowest BCUT2D eigenvalue weighted by Gasteiger charge is -2.02. The molecule has 2 rings (SSSR count). The van der Waals surface area contributed by atoms with Crippen LogP contribution in [0.3, 0.4) is 0 Å². The summed E-state index contributed by atoms with van der Waals surface area (Å²) in [5.74, 6) is 0. The van der Waals surface area contributed by atoms with E-state index in [1.54, 1.807) is 7.11 Å². The molecule has 0 saturated heterocycles. The van der Waals surface area contributed by atoms with E-state index in [1.165, 1.54) is 16.6 Å². The number of nitrogens with zero attached hydrogens (tertiary/aromatic N) is 1. The second-order valence-corrected chi connectivity index (χ2v) is 4.25. The summed E-state index contributed by atoms with van der Waals surface area (Å²) >= 11 is 3.46. The van der Waals surface area contributed by atoms with E-state index < -0.39 is 0 Å². The number of rotatable bonds is 2. The largest absolute Gasteiger partial charge is 0.378 e. The first-order chi connectivity index (χ1) is 6.72. The molecule has 14 heavy (non-hydrogen) atoms. The number of ether oxygens (including phenoxy) is 1. The van der Waals surface area contributed by atoms with Crippen LogP contribution in [0, 0.1) is 0 Å². The molecule has 0 saturated carbocycles. The van der Waals surface area contributed by atoms with Crippen molar-refractivity contribution in [3.8, 4) is 0 Å². The summed E-state index contributed by atoms with van der Waals surface area (Å²) in [6.07, 6.45) is 0. The quantitative estimate of drug-likeness (QED) is 0.803. The average molecular weight is 254 g/mol. The van der Waals surface area contributed by atoms with Gasteiger partial charge in [0.05, 0.1) is 6.61 Å². The Hall–Kier alpha value is -0.800. The van der Waals surface area contributed by atoms with Crippen molar-refractivity contribution >= 4 is 26.8 Å². The van der Waals surface area contributed by atoms with Gasteiger partial charge >= 0.3 is 0 Å². The van der Waals surface area contributed by atoms with Gasteiger partial charge in [0.2, 0.25) is 0 Å². The van der Waals surface area contributed by atoms with Gasteiger partial charge in [-0.2, -0.15) is 0 Å². The van der Waals surface area contributed by atoms with Crippen LogP contribution >= 0.6 is 15.9 Å². The first kappa shape index (κ1) is 9.74. The Morgan fingerprint density at radius 3 is 2.86 bits per heavy atom. The number of benzene rings is 1. The lowest BCUT2D eigenvalue weighted by atomic mass is 10.2.